The number of nitrogens with zero attached hydrogens (tertiary/aromatic N) is 3. The maximum absolute atomic E-state index is 12.1. The molecule has 0 radical (unpaired) electrons. The third kappa shape index (κ3) is 4.72. The van der Waals surface area contributed by atoms with Crippen molar-refractivity contribution in [2.24, 2.45) is 13.0 Å². The van der Waals surface area contributed by atoms with Gasteiger partial charge in [0.05, 0.1) is 11.6 Å². The van der Waals surface area contributed by atoms with Crippen molar-refractivity contribution in [1.82, 2.24) is 20.0 Å². The fourth-order valence-electron chi connectivity index (χ4n) is 5.10. The van der Waals surface area contributed by atoms with E-state index in [1.165, 1.54) is 48.8 Å². The zero-order valence-electron chi connectivity index (χ0n) is 17.9. The van der Waals surface area contributed by atoms with Gasteiger partial charge in [-0.15, -0.1) is 0 Å². The molecular formula is C24H34N4O. The van der Waals surface area contributed by atoms with Crippen LogP contribution in [0.2, 0.25) is 0 Å². The molecule has 29 heavy (non-hydrogen) atoms. The van der Waals surface area contributed by atoms with E-state index in [-0.39, 0.29) is 11.8 Å². The number of carbonyl (C=O) groups is 1. The monoisotopic (exact) mass is 394 g/mol. The predicted molar refractivity (Wildman–Crippen MR) is 117 cm³/mol. The molecule has 2 fully saturated rings. The van der Waals surface area contributed by atoms with Crippen molar-refractivity contribution in [3.05, 3.63) is 41.6 Å². The minimum atomic E-state index is 0.101. The molecule has 1 saturated carbocycles. The van der Waals surface area contributed by atoms with E-state index in [9.17, 15) is 4.79 Å². The third-order valence-corrected chi connectivity index (χ3v) is 6.68. The van der Waals surface area contributed by atoms with Crippen molar-refractivity contribution in [3.63, 3.8) is 0 Å². The lowest BCUT2D eigenvalue weighted by molar-refractivity contribution is -0.126. The van der Waals surface area contributed by atoms with Crippen molar-refractivity contribution >= 4 is 5.91 Å². The van der Waals surface area contributed by atoms with E-state index in [0.717, 1.165) is 44.1 Å². The third-order valence-electron chi connectivity index (χ3n) is 6.68. The number of amides is 1. The predicted octanol–water partition coefficient (Wildman–Crippen LogP) is 4.09. The maximum atomic E-state index is 12.1. The van der Waals surface area contributed by atoms with Gasteiger partial charge in [0.15, 0.2) is 0 Å². The fraction of sp³-hybridized carbons (Fsp3) is 0.583. The van der Waals surface area contributed by atoms with Crippen LogP contribution >= 0.6 is 0 Å². The van der Waals surface area contributed by atoms with E-state index < -0.39 is 0 Å². The molecule has 0 spiro atoms. The lowest BCUT2D eigenvalue weighted by atomic mass is 9.84. The molecule has 1 atom stereocenters. The van der Waals surface area contributed by atoms with Crippen LogP contribution in [0.1, 0.15) is 62.0 Å². The van der Waals surface area contributed by atoms with Crippen LogP contribution in [0.5, 0.6) is 0 Å². The first-order chi connectivity index (χ1) is 14.1. The fourth-order valence-corrected chi connectivity index (χ4v) is 5.10. The van der Waals surface area contributed by atoms with Gasteiger partial charge >= 0.3 is 0 Å². The lowest BCUT2D eigenvalue weighted by Crippen LogP contribution is -2.41. The van der Waals surface area contributed by atoms with Gasteiger partial charge in [-0.25, -0.2) is 0 Å². The average molecular weight is 395 g/mol. The number of carbonyl (C=O) groups excluding carboxylic acids is 1. The number of piperidine rings is 1. The number of rotatable bonds is 5. The van der Waals surface area contributed by atoms with Gasteiger partial charge in [0.1, 0.15) is 0 Å². The second-order valence-corrected chi connectivity index (χ2v) is 8.82. The smallest absolute Gasteiger partial charge is 0.224 e. The molecule has 1 aromatic heterocycles. The standard InChI is InChI=1S/C24H34N4O/c1-25-24(29)21-9-6-14-28(16-21)17-22-15-27(2)26-23(22)20-12-10-19(11-13-20)18-7-4-3-5-8-18/h10-13,15,18,21H,3-9,14,16-17H2,1-2H3,(H,25,29). The summed E-state index contributed by atoms with van der Waals surface area (Å²) in [4.78, 5) is 14.5. The number of aromatic nitrogens is 2. The molecule has 1 saturated heterocycles. The summed E-state index contributed by atoms with van der Waals surface area (Å²) in [7, 11) is 3.73. The molecule has 1 N–H and O–H groups in total. The SMILES string of the molecule is CNC(=O)C1CCCN(Cc2cn(C)nc2-c2ccc(C3CCCCC3)cc2)C1. The lowest BCUT2D eigenvalue weighted by Gasteiger charge is -2.31. The number of likely N-dealkylation sites (tertiary alicyclic amines) is 1. The highest BCUT2D eigenvalue weighted by Crippen LogP contribution is 2.34. The Bertz CT molecular complexity index is 820. The van der Waals surface area contributed by atoms with E-state index in [2.05, 4.69) is 40.7 Å². The normalized spacial score (nSPS) is 21.2. The molecule has 1 amide bonds. The van der Waals surface area contributed by atoms with Crippen LogP contribution in [0.15, 0.2) is 30.5 Å². The quantitative estimate of drug-likeness (QED) is 0.831. The molecule has 1 aliphatic carbocycles. The summed E-state index contributed by atoms with van der Waals surface area (Å²) in [6.45, 7) is 2.72. The molecule has 0 bridgehead atoms. The van der Waals surface area contributed by atoms with Crippen LogP contribution in [0, 0.1) is 5.92 Å². The van der Waals surface area contributed by atoms with Crippen molar-refractivity contribution in [2.75, 3.05) is 20.1 Å². The van der Waals surface area contributed by atoms with E-state index in [4.69, 9.17) is 5.10 Å². The highest BCUT2D eigenvalue weighted by atomic mass is 16.1. The molecule has 5 heteroatoms. The molecule has 2 aliphatic rings. The van der Waals surface area contributed by atoms with Crippen LogP contribution in [0.25, 0.3) is 11.3 Å². The van der Waals surface area contributed by atoms with Gasteiger partial charge in [-0.2, -0.15) is 5.10 Å². The largest absolute Gasteiger partial charge is 0.359 e. The summed E-state index contributed by atoms with van der Waals surface area (Å²) in [5, 5.41) is 7.58. The summed E-state index contributed by atoms with van der Waals surface area (Å²) < 4.78 is 1.92. The molecule has 2 heterocycles. The highest BCUT2D eigenvalue weighted by molar-refractivity contribution is 5.78. The van der Waals surface area contributed by atoms with Gasteiger partial charge in [-0.1, -0.05) is 43.5 Å². The molecule has 4 rings (SSSR count). The van der Waals surface area contributed by atoms with E-state index in [1.807, 2.05) is 11.7 Å². The van der Waals surface area contributed by atoms with Gasteiger partial charge < -0.3 is 5.32 Å². The average Bonchev–Trinajstić information content (AvgIpc) is 3.14. The minimum Gasteiger partial charge on any atom is -0.359 e. The Morgan fingerprint density at radius 3 is 2.59 bits per heavy atom. The van der Waals surface area contributed by atoms with Crippen LogP contribution in [-0.4, -0.2) is 40.7 Å². The molecule has 156 valence electrons. The van der Waals surface area contributed by atoms with Crippen molar-refractivity contribution in [3.8, 4) is 11.3 Å². The van der Waals surface area contributed by atoms with Crippen LogP contribution in [-0.2, 0) is 18.4 Å². The first-order valence-electron chi connectivity index (χ1n) is 11.2. The van der Waals surface area contributed by atoms with Gasteiger partial charge in [0.2, 0.25) is 5.91 Å². The highest BCUT2D eigenvalue weighted by Gasteiger charge is 2.26. The maximum Gasteiger partial charge on any atom is 0.224 e. The van der Waals surface area contributed by atoms with E-state index in [0.29, 0.717) is 0 Å². The Morgan fingerprint density at radius 1 is 1.10 bits per heavy atom. The van der Waals surface area contributed by atoms with E-state index in [1.54, 1.807) is 7.05 Å². The topological polar surface area (TPSA) is 50.2 Å². The molecule has 1 aromatic carbocycles. The Hall–Kier alpha value is -2.14. The summed E-state index contributed by atoms with van der Waals surface area (Å²) >= 11 is 0. The van der Waals surface area contributed by atoms with Gasteiger partial charge in [-0.05, 0) is 43.7 Å². The number of aryl methyl sites for hydroxylation is 1. The van der Waals surface area contributed by atoms with E-state index >= 15 is 0 Å². The van der Waals surface area contributed by atoms with Crippen LogP contribution < -0.4 is 5.32 Å². The summed E-state index contributed by atoms with van der Waals surface area (Å²) in [5.41, 5.74) is 5.00. The molecule has 5 nitrogen and oxygen atoms in total. The summed E-state index contributed by atoms with van der Waals surface area (Å²) in [6.07, 6.45) is 11.0. The van der Waals surface area contributed by atoms with Crippen LogP contribution in [0.4, 0.5) is 0 Å². The van der Waals surface area contributed by atoms with Gasteiger partial charge in [0.25, 0.3) is 0 Å². The Kier molecular flexibility index (Phi) is 6.34. The Labute approximate surface area is 174 Å². The van der Waals surface area contributed by atoms with Gasteiger partial charge in [-0.3, -0.25) is 14.4 Å². The second kappa shape index (κ2) is 9.12. The minimum absolute atomic E-state index is 0.101. The van der Waals surface area contributed by atoms with Crippen molar-refractivity contribution < 1.29 is 4.79 Å². The van der Waals surface area contributed by atoms with Crippen molar-refractivity contribution in [1.29, 1.82) is 0 Å². The summed E-state index contributed by atoms with van der Waals surface area (Å²) in [6, 6.07) is 9.12. The Balaban J connectivity index is 1.48. The first kappa shape index (κ1) is 20.1. The molecule has 2 aromatic rings. The number of hydrogen-bond acceptors (Lipinski definition) is 3. The van der Waals surface area contributed by atoms with Gasteiger partial charge in [0, 0.05) is 44.5 Å². The summed E-state index contributed by atoms with van der Waals surface area (Å²) in [5.74, 6) is 0.999. The molecular weight excluding hydrogens is 360 g/mol. The molecule has 1 unspecified atom stereocenters. The zero-order valence-corrected chi connectivity index (χ0v) is 17.9. The Morgan fingerprint density at radius 2 is 1.86 bits per heavy atom. The number of nitrogens with one attached hydrogen (secondary N) is 1. The number of benzene rings is 1. The first-order valence-corrected chi connectivity index (χ1v) is 11.2. The number of hydrogen-bond donors (Lipinski definition) is 1. The zero-order chi connectivity index (χ0) is 20.2. The second-order valence-electron chi connectivity index (χ2n) is 8.82. The molecule has 1 aliphatic heterocycles. The van der Waals surface area contributed by atoms with Crippen LogP contribution in [0.3, 0.4) is 0 Å². The van der Waals surface area contributed by atoms with Crippen molar-refractivity contribution in [2.45, 2.75) is 57.4 Å².